The molecule has 8 atom stereocenters. The van der Waals surface area contributed by atoms with Crippen LogP contribution in [0.3, 0.4) is 0 Å². The van der Waals surface area contributed by atoms with E-state index in [1.54, 1.807) is 19.1 Å². The molecule has 4 aliphatic rings. The van der Waals surface area contributed by atoms with Crippen molar-refractivity contribution in [1.29, 1.82) is 0 Å². The van der Waals surface area contributed by atoms with Gasteiger partial charge in [-0.2, -0.15) is 0 Å². The Bertz CT molecular complexity index is 1090. The number of benzene rings is 1. The maximum Gasteiger partial charge on any atom is 0.309 e. The summed E-state index contributed by atoms with van der Waals surface area (Å²) in [6.45, 7) is 5.82. The lowest BCUT2D eigenvalue weighted by Gasteiger charge is -2.47. The van der Waals surface area contributed by atoms with Crippen LogP contribution in [-0.2, 0) is 14.3 Å². The van der Waals surface area contributed by atoms with Crippen LogP contribution < -0.4 is 5.32 Å². The van der Waals surface area contributed by atoms with Crippen molar-refractivity contribution in [2.75, 3.05) is 0 Å². The molecule has 1 saturated heterocycles. The fraction of sp³-hybridized carbons (Fsp3) is 0.533. The average molecular weight is 478 g/mol. The zero-order valence-electron chi connectivity index (χ0n) is 20.9. The van der Waals surface area contributed by atoms with Crippen LogP contribution >= 0.6 is 0 Å². The SMILES string of the molecule is CC(=O)N[C@H]1CC[C@H]2[C@@H](C1)C[C@@H]1C(=O)O[C@@H](C)[C@H]1[C@@H]2/C=C/C1=CC=C(c2cccc(F)c2)C(C)C1. The Morgan fingerprint density at radius 3 is 2.74 bits per heavy atom. The number of cyclic esters (lactones) is 1. The average Bonchev–Trinajstić information content (AvgIpc) is 3.09. The number of carbonyl (C=O) groups is 2. The molecule has 0 bridgehead atoms. The zero-order chi connectivity index (χ0) is 24.7. The van der Waals surface area contributed by atoms with E-state index >= 15 is 0 Å². The molecular weight excluding hydrogens is 441 g/mol. The van der Waals surface area contributed by atoms with E-state index in [1.165, 1.54) is 17.2 Å². The van der Waals surface area contributed by atoms with E-state index in [0.29, 0.717) is 23.7 Å². The molecule has 0 aromatic heterocycles. The van der Waals surface area contributed by atoms with E-state index in [2.05, 4.69) is 36.5 Å². The summed E-state index contributed by atoms with van der Waals surface area (Å²) in [6.07, 6.45) is 13.6. The van der Waals surface area contributed by atoms with E-state index in [1.807, 2.05) is 13.0 Å². The van der Waals surface area contributed by atoms with E-state index in [-0.39, 0.29) is 41.7 Å². The Labute approximate surface area is 207 Å². The predicted molar refractivity (Wildman–Crippen MR) is 134 cm³/mol. The van der Waals surface area contributed by atoms with Gasteiger partial charge in [0.2, 0.25) is 5.91 Å². The van der Waals surface area contributed by atoms with Crippen LogP contribution in [0.5, 0.6) is 0 Å². The minimum absolute atomic E-state index is 0.0245. The molecule has 1 aliphatic heterocycles. The quantitative estimate of drug-likeness (QED) is 0.554. The van der Waals surface area contributed by atoms with Gasteiger partial charge in [0, 0.05) is 18.9 Å². The van der Waals surface area contributed by atoms with Crippen molar-refractivity contribution in [3.63, 3.8) is 0 Å². The van der Waals surface area contributed by atoms with Gasteiger partial charge in [-0.1, -0.05) is 43.4 Å². The van der Waals surface area contributed by atoms with Crippen molar-refractivity contribution < 1.29 is 18.7 Å². The van der Waals surface area contributed by atoms with E-state index in [4.69, 9.17) is 4.74 Å². The predicted octanol–water partition coefficient (Wildman–Crippen LogP) is 5.85. The summed E-state index contributed by atoms with van der Waals surface area (Å²) >= 11 is 0. The first kappa shape index (κ1) is 24.0. The Kier molecular flexibility index (Phi) is 6.69. The monoisotopic (exact) mass is 477 g/mol. The molecule has 186 valence electrons. The van der Waals surface area contributed by atoms with Crippen molar-refractivity contribution in [1.82, 2.24) is 5.32 Å². The highest BCUT2D eigenvalue weighted by Crippen LogP contribution is 2.53. The van der Waals surface area contributed by atoms with E-state index < -0.39 is 0 Å². The fourth-order valence-corrected chi connectivity index (χ4v) is 7.33. The number of rotatable bonds is 4. The molecule has 1 unspecified atom stereocenters. The minimum Gasteiger partial charge on any atom is -0.462 e. The lowest BCUT2D eigenvalue weighted by molar-refractivity contribution is -0.144. The lowest BCUT2D eigenvalue weighted by Crippen LogP contribution is -2.48. The van der Waals surface area contributed by atoms with E-state index in [0.717, 1.165) is 37.7 Å². The molecular formula is C30H36FNO3. The van der Waals surface area contributed by atoms with Gasteiger partial charge in [-0.15, -0.1) is 0 Å². The summed E-state index contributed by atoms with van der Waals surface area (Å²) in [4.78, 5) is 24.3. The lowest BCUT2D eigenvalue weighted by atomic mass is 9.56. The van der Waals surface area contributed by atoms with Crippen molar-refractivity contribution in [2.45, 2.75) is 65.0 Å². The number of esters is 1. The fourth-order valence-electron chi connectivity index (χ4n) is 7.33. The van der Waals surface area contributed by atoms with Crippen molar-refractivity contribution in [3.8, 4) is 0 Å². The molecule has 3 aliphatic carbocycles. The van der Waals surface area contributed by atoms with Gasteiger partial charge < -0.3 is 10.1 Å². The Hall–Kier alpha value is -2.69. The molecule has 5 rings (SSSR count). The number of carbonyl (C=O) groups excluding carboxylic acids is 2. The summed E-state index contributed by atoms with van der Waals surface area (Å²) < 4.78 is 19.5. The van der Waals surface area contributed by atoms with Gasteiger partial charge in [0.25, 0.3) is 0 Å². The smallest absolute Gasteiger partial charge is 0.309 e. The largest absolute Gasteiger partial charge is 0.462 e. The van der Waals surface area contributed by atoms with Crippen LogP contribution in [-0.4, -0.2) is 24.0 Å². The molecule has 1 heterocycles. The minimum atomic E-state index is -0.206. The van der Waals surface area contributed by atoms with Crippen LogP contribution in [0.4, 0.5) is 4.39 Å². The van der Waals surface area contributed by atoms with Gasteiger partial charge in [-0.25, -0.2) is 4.39 Å². The van der Waals surface area contributed by atoms with Gasteiger partial charge >= 0.3 is 5.97 Å². The number of nitrogens with one attached hydrogen (secondary N) is 1. The number of allylic oxidation sites excluding steroid dienone is 6. The molecule has 1 amide bonds. The van der Waals surface area contributed by atoms with Crippen LogP contribution in [0.1, 0.15) is 58.4 Å². The van der Waals surface area contributed by atoms with E-state index in [9.17, 15) is 14.0 Å². The highest BCUT2D eigenvalue weighted by molar-refractivity contribution is 5.76. The number of hydrogen-bond donors (Lipinski definition) is 1. The maximum atomic E-state index is 13.7. The number of amides is 1. The summed E-state index contributed by atoms with van der Waals surface area (Å²) in [5.41, 5.74) is 3.38. The van der Waals surface area contributed by atoms with Gasteiger partial charge in [-0.05, 0) is 91.5 Å². The van der Waals surface area contributed by atoms with Crippen LogP contribution in [0.25, 0.3) is 5.57 Å². The number of fused-ring (bicyclic) bond motifs is 2. The number of hydrogen-bond acceptors (Lipinski definition) is 3. The topological polar surface area (TPSA) is 55.4 Å². The Morgan fingerprint density at radius 1 is 1.17 bits per heavy atom. The van der Waals surface area contributed by atoms with Crippen LogP contribution in [0, 0.1) is 41.3 Å². The molecule has 3 fully saturated rings. The van der Waals surface area contributed by atoms with Crippen molar-refractivity contribution in [2.24, 2.45) is 35.5 Å². The third-order valence-corrected chi connectivity index (χ3v) is 8.80. The third-order valence-electron chi connectivity index (χ3n) is 8.80. The second-order valence-electron chi connectivity index (χ2n) is 11.1. The standard InChI is InChI=1S/C30H36FNO3/c1-17-13-20(7-10-25(17)21-5-4-6-23(31)14-21)8-11-27-26-12-9-24(32-19(3)33)15-22(26)16-28-29(27)18(2)35-30(28)34/h4-8,10-11,14,17-18,22,24,26-29H,9,12-13,15-16H2,1-3H3,(H,32,33)/b11-8+/t17?,18-,22-,24-,26-,27+,28-,29-/m0/s1. The molecule has 1 N–H and O–H groups in total. The third kappa shape index (κ3) is 4.87. The van der Waals surface area contributed by atoms with Crippen LogP contribution in [0.15, 0.2) is 54.1 Å². The molecule has 2 saturated carbocycles. The van der Waals surface area contributed by atoms with Gasteiger partial charge in [-0.3, -0.25) is 9.59 Å². The first-order valence-electron chi connectivity index (χ1n) is 13.1. The number of ether oxygens (including phenoxy) is 1. The molecule has 1 aromatic rings. The van der Waals surface area contributed by atoms with Gasteiger partial charge in [0.05, 0.1) is 5.92 Å². The first-order chi connectivity index (χ1) is 16.8. The Balaban J connectivity index is 1.38. The van der Waals surface area contributed by atoms with Crippen molar-refractivity contribution in [3.05, 3.63) is 65.5 Å². The molecule has 0 spiro atoms. The maximum absolute atomic E-state index is 13.7. The summed E-state index contributed by atoms with van der Waals surface area (Å²) in [7, 11) is 0. The summed E-state index contributed by atoms with van der Waals surface area (Å²) in [5, 5.41) is 3.11. The summed E-state index contributed by atoms with van der Waals surface area (Å²) in [5.74, 6) is 1.48. The second-order valence-corrected chi connectivity index (χ2v) is 11.1. The summed E-state index contributed by atoms with van der Waals surface area (Å²) in [6, 6.07) is 7.03. The second kappa shape index (κ2) is 9.75. The first-order valence-corrected chi connectivity index (χ1v) is 13.1. The molecule has 5 heteroatoms. The van der Waals surface area contributed by atoms with Crippen molar-refractivity contribution >= 4 is 17.4 Å². The molecule has 4 nitrogen and oxygen atoms in total. The number of halogens is 1. The highest BCUT2D eigenvalue weighted by atomic mass is 19.1. The molecule has 0 radical (unpaired) electrons. The van der Waals surface area contributed by atoms with Gasteiger partial charge in [0.15, 0.2) is 0 Å². The Morgan fingerprint density at radius 2 is 2.00 bits per heavy atom. The highest BCUT2D eigenvalue weighted by Gasteiger charge is 2.54. The molecule has 35 heavy (non-hydrogen) atoms. The molecule has 1 aromatic carbocycles. The van der Waals surface area contributed by atoms with Gasteiger partial charge in [0.1, 0.15) is 11.9 Å². The van der Waals surface area contributed by atoms with Crippen LogP contribution in [0.2, 0.25) is 0 Å². The normalized spacial score (nSPS) is 36.6. The zero-order valence-corrected chi connectivity index (χ0v) is 20.9.